The summed E-state index contributed by atoms with van der Waals surface area (Å²) in [5.41, 5.74) is -0.139. The highest BCUT2D eigenvalue weighted by Gasteiger charge is 2.21. The van der Waals surface area contributed by atoms with Crippen LogP contribution in [0.2, 0.25) is 0 Å². The van der Waals surface area contributed by atoms with Gasteiger partial charge in [0.25, 0.3) is 0 Å². The Labute approximate surface area is 113 Å². The van der Waals surface area contributed by atoms with Crippen LogP contribution in [-0.2, 0) is 0 Å². The van der Waals surface area contributed by atoms with E-state index in [0.717, 1.165) is 12.1 Å². The molecule has 2 rings (SSSR count). The topological polar surface area (TPSA) is 42.4 Å². The van der Waals surface area contributed by atoms with Gasteiger partial charge >= 0.3 is 0 Å². The summed E-state index contributed by atoms with van der Waals surface area (Å²) in [5.74, 6) is -3.94. The Bertz CT molecular complexity index is 619. The fraction of sp³-hybridized carbons (Fsp3) is 0.214. The summed E-state index contributed by atoms with van der Waals surface area (Å²) < 4.78 is 44.9. The van der Waals surface area contributed by atoms with E-state index in [1.54, 1.807) is 6.92 Å². The van der Waals surface area contributed by atoms with Gasteiger partial charge in [-0.3, -0.25) is 4.98 Å². The monoisotopic (exact) mass is 283 g/mol. The van der Waals surface area contributed by atoms with Gasteiger partial charge in [0, 0.05) is 17.3 Å². The second-order valence-corrected chi connectivity index (χ2v) is 4.05. The summed E-state index contributed by atoms with van der Waals surface area (Å²) in [4.78, 5) is 3.84. The first kappa shape index (κ1) is 14.3. The van der Waals surface area contributed by atoms with E-state index in [1.807, 2.05) is 0 Å². The standard InChI is InChI=1S/C14H12F3NO2/c1-2-20-9-5-8(6-18-7-9)14(19)10-3-4-11(15)13(17)12(10)16/h3-7,14,19H,2H2,1H3. The summed E-state index contributed by atoms with van der Waals surface area (Å²) >= 11 is 0. The van der Waals surface area contributed by atoms with Crippen molar-refractivity contribution < 1.29 is 23.0 Å². The molecule has 0 amide bonds. The maximum Gasteiger partial charge on any atom is 0.194 e. The summed E-state index contributed by atoms with van der Waals surface area (Å²) in [6.45, 7) is 2.18. The molecule has 0 aliphatic rings. The number of aliphatic hydroxyl groups excluding tert-OH is 1. The van der Waals surface area contributed by atoms with Gasteiger partial charge in [-0.25, -0.2) is 13.2 Å². The summed E-state index contributed by atoms with van der Waals surface area (Å²) in [5, 5.41) is 10.1. The molecule has 20 heavy (non-hydrogen) atoms. The number of benzene rings is 1. The first-order valence-corrected chi connectivity index (χ1v) is 5.93. The Morgan fingerprint density at radius 3 is 2.65 bits per heavy atom. The number of hydrogen-bond acceptors (Lipinski definition) is 3. The molecule has 106 valence electrons. The highest BCUT2D eigenvalue weighted by molar-refractivity contribution is 5.33. The molecule has 6 heteroatoms. The first-order valence-electron chi connectivity index (χ1n) is 5.93. The molecule has 0 radical (unpaired) electrons. The number of halogens is 3. The van der Waals surface area contributed by atoms with Gasteiger partial charge in [-0.15, -0.1) is 0 Å². The molecule has 0 bridgehead atoms. The second-order valence-electron chi connectivity index (χ2n) is 4.05. The van der Waals surface area contributed by atoms with Gasteiger partial charge in [0.15, 0.2) is 17.5 Å². The number of nitrogens with zero attached hydrogens (tertiary/aromatic N) is 1. The summed E-state index contributed by atoms with van der Waals surface area (Å²) in [6.07, 6.45) is 1.27. The Kier molecular flexibility index (Phi) is 4.24. The van der Waals surface area contributed by atoms with Crippen LogP contribution in [-0.4, -0.2) is 16.7 Å². The van der Waals surface area contributed by atoms with Gasteiger partial charge in [-0.2, -0.15) is 0 Å². The minimum atomic E-state index is -1.62. The van der Waals surface area contributed by atoms with Gasteiger partial charge in [-0.05, 0) is 19.1 Å². The summed E-state index contributed by atoms with van der Waals surface area (Å²) in [7, 11) is 0. The lowest BCUT2D eigenvalue weighted by atomic mass is 10.0. The van der Waals surface area contributed by atoms with Crippen molar-refractivity contribution in [1.82, 2.24) is 4.98 Å². The van der Waals surface area contributed by atoms with E-state index >= 15 is 0 Å². The first-order chi connectivity index (χ1) is 9.54. The minimum Gasteiger partial charge on any atom is -0.492 e. The van der Waals surface area contributed by atoms with Crippen molar-refractivity contribution in [3.05, 3.63) is 59.2 Å². The molecule has 0 aliphatic carbocycles. The summed E-state index contributed by atoms with van der Waals surface area (Å²) in [6, 6.07) is 3.21. The van der Waals surface area contributed by atoms with Crippen molar-refractivity contribution in [1.29, 1.82) is 0 Å². The predicted molar refractivity (Wildman–Crippen MR) is 65.8 cm³/mol. The maximum atomic E-state index is 13.6. The molecule has 1 unspecified atom stereocenters. The lowest BCUT2D eigenvalue weighted by molar-refractivity contribution is 0.211. The van der Waals surface area contributed by atoms with Gasteiger partial charge in [0.05, 0.1) is 12.8 Å². The Hall–Kier alpha value is -2.08. The quantitative estimate of drug-likeness (QED) is 0.877. The van der Waals surface area contributed by atoms with E-state index in [0.29, 0.717) is 12.4 Å². The van der Waals surface area contributed by atoms with Gasteiger partial charge in [-0.1, -0.05) is 6.07 Å². The fourth-order valence-electron chi connectivity index (χ4n) is 1.76. The number of pyridine rings is 1. The number of ether oxygens (including phenoxy) is 1. The van der Waals surface area contributed by atoms with Crippen LogP contribution in [0, 0.1) is 17.5 Å². The highest BCUT2D eigenvalue weighted by Crippen LogP contribution is 2.28. The number of rotatable bonds is 4. The van der Waals surface area contributed by atoms with Crippen molar-refractivity contribution in [3.8, 4) is 5.75 Å². The molecule has 3 nitrogen and oxygen atoms in total. The van der Waals surface area contributed by atoms with E-state index in [1.165, 1.54) is 18.5 Å². The molecule has 0 aliphatic heterocycles. The van der Waals surface area contributed by atoms with Crippen LogP contribution in [0.15, 0.2) is 30.6 Å². The van der Waals surface area contributed by atoms with Crippen LogP contribution >= 0.6 is 0 Å². The van der Waals surface area contributed by atoms with Crippen molar-refractivity contribution >= 4 is 0 Å². The second kappa shape index (κ2) is 5.92. The number of hydrogen-bond donors (Lipinski definition) is 1. The number of aliphatic hydroxyl groups is 1. The van der Waals surface area contributed by atoms with Gasteiger partial charge < -0.3 is 9.84 Å². The minimum absolute atomic E-state index is 0.223. The van der Waals surface area contributed by atoms with Crippen LogP contribution in [0.25, 0.3) is 0 Å². The molecule has 0 saturated carbocycles. The predicted octanol–water partition coefficient (Wildman–Crippen LogP) is 2.98. The molecule has 0 saturated heterocycles. The molecule has 1 N–H and O–H groups in total. The molecular weight excluding hydrogens is 271 g/mol. The van der Waals surface area contributed by atoms with Crippen LogP contribution in [0.4, 0.5) is 13.2 Å². The van der Waals surface area contributed by atoms with Crippen molar-refractivity contribution in [2.24, 2.45) is 0 Å². The van der Waals surface area contributed by atoms with Crippen LogP contribution < -0.4 is 4.74 Å². The maximum absolute atomic E-state index is 13.6. The Morgan fingerprint density at radius 1 is 1.20 bits per heavy atom. The van der Waals surface area contributed by atoms with Crippen molar-refractivity contribution in [2.75, 3.05) is 6.61 Å². The third-order valence-corrected chi connectivity index (χ3v) is 2.72. The smallest absolute Gasteiger partial charge is 0.194 e. The zero-order chi connectivity index (χ0) is 14.7. The third-order valence-electron chi connectivity index (χ3n) is 2.72. The normalized spacial score (nSPS) is 12.2. The molecule has 0 fully saturated rings. The van der Waals surface area contributed by atoms with Crippen LogP contribution in [0.1, 0.15) is 24.2 Å². The SMILES string of the molecule is CCOc1cncc(C(O)c2ccc(F)c(F)c2F)c1. The fourth-order valence-corrected chi connectivity index (χ4v) is 1.76. The average molecular weight is 283 g/mol. The third kappa shape index (κ3) is 2.75. The molecule has 1 aromatic carbocycles. The lowest BCUT2D eigenvalue weighted by Crippen LogP contribution is -2.06. The largest absolute Gasteiger partial charge is 0.492 e. The average Bonchev–Trinajstić information content (AvgIpc) is 2.45. The van der Waals surface area contributed by atoms with Crippen molar-refractivity contribution in [3.63, 3.8) is 0 Å². The van der Waals surface area contributed by atoms with Crippen LogP contribution in [0.3, 0.4) is 0 Å². The van der Waals surface area contributed by atoms with Gasteiger partial charge in [0.2, 0.25) is 0 Å². The molecule has 1 aromatic heterocycles. The zero-order valence-electron chi connectivity index (χ0n) is 10.6. The Morgan fingerprint density at radius 2 is 1.95 bits per heavy atom. The Balaban J connectivity index is 2.38. The van der Waals surface area contributed by atoms with E-state index in [4.69, 9.17) is 4.74 Å². The van der Waals surface area contributed by atoms with E-state index in [-0.39, 0.29) is 11.1 Å². The highest BCUT2D eigenvalue weighted by atomic mass is 19.2. The number of aromatic nitrogens is 1. The van der Waals surface area contributed by atoms with E-state index < -0.39 is 23.6 Å². The molecule has 1 atom stereocenters. The zero-order valence-corrected chi connectivity index (χ0v) is 10.6. The van der Waals surface area contributed by atoms with Crippen molar-refractivity contribution in [2.45, 2.75) is 13.0 Å². The lowest BCUT2D eigenvalue weighted by Gasteiger charge is -2.13. The van der Waals surface area contributed by atoms with E-state index in [9.17, 15) is 18.3 Å². The molecular formula is C14H12F3NO2. The molecule has 0 spiro atoms. The van der Waals surface area contributed by atoms with Gasteiger partial charge in [0.1, 0.15) is 11.9 Å². The van der Waals surface area contributed by atoms with E-state index in [2.05, 4.69) is 4.98 Å². The molecule has 1 heterocycles. The van der Waals surface area contributed by atoms with Crippen LogP contribution in [0.5, 0.6) is 5.75 Å². The molecule has 2 aromatic rings.